The quantitative estimate of drug-likeness (QED) is 0.717. The zero-order valence-corrected chi connectivity index (χ0v) is 12.6. The van der Waals surface area contributed by atoms with Crippen LogP contribution in [0.5, 0.6) is 0 Å². The molecule has 2 rings (SSSR count). The second-order valence-electron chi connectivity index (χ2n) is 5.83. The molecule has 0 aromatic heterocycles. The van der Waals surface area contributed by atoms with Crippen LogP contribution in [0, 0.1) is 0 Å². The topological polar surface area (TPSA) is 35.5 Å². The number of aliphatic hydroxyl groups is 1. The highest BCUT2D eigenvalue weighted by Gasteiger charge is 2.10. The number of nitrogens with one attached hydrogen (secondary N) is 1. The van der Waals surface area contributed by atoms with E-state index < -0.39 is 0 Å². The van der Waals surface area contributed by atoms with Crippen LogP contribution in [0.4, 0.5) is 0 Å². The number of hydrogen-bond acceptors (Lipinski definition) is 3. The molecule has 1 aromatic carbocycles. The van der Waals surface area contributed by atoms with Crippen molar-refractivity contribution in [2.24, 2.45) is 0 Å². The third-order valence-corrected chi connectivity index (χ3v) is 4.18. The number of benzene rings is 1. The first-order chi connectivity index (χ1) is 9.79. The van der Waals surface area contributed by atoms with Gasteiger partial charge in [0.25, 0.3) is 0 Å². The summed E-state index contributed by atoms with van der Waals surface area (Å²) in [4.78, 5) is 2.58. The summed E-state index contributed by atoms with van der Waals surface area (Å²) in [6.45, 7) is 7.25. The van der Waals surface area contributed by atoms with E-state index in [0.29, 0.717) is 6.04 Å². The van der Waals surface area contributed by atoms with Crippen LogP contribution < -0.4 is 5.32 Å². The SMILES string of the molecule is CC(NCCCCN1CCCC1)c1cccc(CO)c1. The maximum absolute atomic E-state index is 9.17. The van der Waals surface area contributed by atoms with Gasteiger partial charge in [0.2, 0.25) is 0 Å². The molecule has 0 amide bonds. The van der Waals surface area contributed by atoms with E-state index in [1.807, 2.05) is 12.1 Å². The number of hydrogen-bond donors (Lipinski definition) is 2. The van der Waals surface area contributed by atoms with Crippen LogP contribution in [-0.2, 0) is 6.61 Å². The van der Waals surface area contributed by atoms with Gasteiger partial charge in [-0.15, -0.1) is 0 Å². The molecule has 0 radical (unpaired) electrons. The van der Waals surface area contributed by atoms with Gasteiger partial charge in [-0.25, -0.2) is 0 Å². The van der Waals surface area contributed by atoms with E-state index in [2.05, 4.69) is 29.3 Å². The Labute approximate surface area is 123 Å². The number of unbranched alkanes of at least 4 members (excludes halogenated alkanes) is 1. The van der Waals surface area contributed by atoms with Gasteiger partial charge in [0.1, 0.15) is 0 Å². The Hall–Kier alpha value is -0.900. The molecule has 0 aliphatic carbocycles. The van der Waals surface area contributed by atoms with Crippen molar-refractivity contribution in [2.45, 2.75) is 45.3 Å². The van der Waals surface area contributed by atoms with Crippen molar-refractivity contribution in [2.75, 3.05) is 26.2 Å². The van der Waals surface area contributed by atoms with Crippen molar-refractivity contribution >= 4 is 0 Å². The number of aliphatic hydroxyl groups excluding tert-OH is 1. The van der Waals surface area contributed by atoms with Gasteiger partial charge in [-0.1, -0.05) is 24.3 Å². The van der Waals surface area contributed by atoms with E-state index in [1.54, 1.807) is 0 Å². The van der Waals surface area contributed by atoms with E-state index in [9.17, 15) is 0 Å². The molecule has 1 aliphatic rings. The summed E-state index contributed by atoms with van der Waals surface area (Å²) in [7, 11) is 0. The average molecular weight is 276 g/mol. The zero-order valence-electron chi connectivity index (χ0n) is 12.6. The lowest BCUT2D eigenvalue weighted by Gasteiger charge is -2.17. The Morgan fingerprint density at radius 1 is 1.25 bits per heavy atom. The number of rotatable bonds is 8. The minimum atomic E-state index is 0.121. The molecule has 0 spiro atoms. The lowest BCUT2D eigenvalue weighted by atomic mass is 10.1. The minimum Gasteiger partial charge on any atom is -0.392 e. The van der Waals surface area contributed by atoms with Crippen molar-refractivity contribution in [1.82, 2.24) is 10.2 Å². The van der Waals surface area contributed by atoms with E-state index >= 15 is 0 Å². The molecule has 20 heavy (non-hydrogen) atoms. The van der Waals surface area contributed by atoms with Gasteiger partial charge in [0, 0.05) is 6.04 Å². The second-order valence-corrected chi connectivity index (χ2v) is 5.83. The van der Waals surface area contributed by atoms with Gasteiger partial charge in [-0.3, -0.25) is 0 Å². The molecule has 1 aromatic rings. The molecule has 1 fully saturated rings. The van der Waals surface area contributed by atoms with Gasteiger partial charge in [0.05, 0.1) is 6.61 Å². The lowest BCUT2D eigenvalue weighted by molar-refractivity contribution is 0.281. The van der Waals surface area contributed by atoms with Crippen LogP contribution in [0.25, 0.3) is 0 Å². The molecule has 0 bridgehead atoms. The average Bonchev–Trinajstić information content (AvgIpc) is 3.00. The van der Waals surface area contributed by atoms with Crippen molar-refractivity contribution < 1.29 is 5.11 Å². The maximum Gasteiger partial charge on any atom is 0.0681 e. The van der Waals surface area contributed by atoms with Gasteiger partial charge in [-0.2, -0.15) is 0 Å². The highest BCUT2D eigenvalue weighted by atomic mass is 16.3. The maximum atomic E-state index is 9.17. The molecule has 112 valence electrons. The normalized spacial score (nSPS) is 17.5. The Morgan fingerprint density at radius 2 is 2.05 bits per heavy atom. The van der Waals surface area contributed by atoms with Gasteiger partial charge < -0.3 is 15.3 Å². The predicted molar refractivity (Wildman–Crippen MR) is 83.7 cm³/mol. The first kappa shape index (κ1) is 15.5. The van der Waals surface area contributed by atoms with Crippen LogP contribution in [0.1, 0.15) is 49.8 Å². The molecule has 3 nitrogen and oxygen atoms in total. The summed E-state index contributed by atoms with van der Waals surface area (Å²) in [6.07, 6.45) is 5.30. The summed E-state index contributed by atoms with van der Waals surface area (Å²) in [5, 5.41) is 12.7. The first-order valence-electron chi connectivity index (χ1n) is 7.95. The van der Waals surface area contributed by atoms with Gasteiger partial charge in [-0.05, 0) is 69.9 Å². The third-order valence-electron chi connectivity index (χ3n) is 4.18. The number of likely N-dealkylation sites (tertiary alicyclic amines) is 1. The molecule has 3 heteroatoms. The van der Waals surface area contributed by atoms with E-state index in [0.717, 1.165) is 12.1 Å². The fraction of sp³-hybridized carbons (Fsp3) is 0.647. The molecule has 1 unspecified atom stereocenters. The largest absolute Gasteiger partial charge is 0.392 e. The highest BCUT2D eigenvalue weighted by molar-refractivity contribution is 5.25. The fourth-order valence-electron chi connectivity index (χ4n) is 2.86. The predicted octanol–water partition coefficient (Wildman–Crippen LogP) is 2.71. The molecular formula is C17H28N2O. The van der Waals surface area contributed by atoms with Crippen LogP contribution in [0.2, 0.25) is 0 Å². The molecule has 0 saturated carbocycles. The van der Waals surface area contributed by atoms with Crippen LogP contribution in [0.3, 0.4) is 0 Å². The fourth-order valence-corrected chi connectivity index (χ4v) is 2.86. The van der Waals surface area contributed by atoms with E-state index in [-0.39, 0.29) is 6.61 Å². The summed E-state index contributed by atoms with van der Waals surface area (Å²) < 4.78 is 0. The van der Waals surface area contributed by atoms with Crippen molar-refractivity contribution in [1.29, 1.82) is 0 Å². The highest BCUT2D eigenvalue weighted by Crippen LogP contribution is 2.14. The Morgan fingerprint density at radius 3 is 2.80 bits per heavy atom. The molecule has 1 aliphatic heterocycles. The monoisotopic (exact) mass is 276 g/mol. The molecule has 1 heterocycles. The van der Waals surface area contributed by atoms with Gasteiger partial charge >= 0.3 is 0 Å². The van der Waals surface area contributed by atoms with Crippen LogP contribution in [0.15, 0.2) is 24.3 Å². The molecule has 2 N–H and O–H groups in total. The first-order valence-corrected chi connectivity index (χ1v) is 7.95. The van der Waals surface area contributed by atoms with Crippen molar-refractivity contribution in [3.8, 4) is 0 Å². The Bertz CT molecular complexity index is 388. The van der Waals surface area contributed by atoms with E-state index in [1.165, 1.54) is 50.9 Å². The lowest BCUT2D eigenvalue weighted by Crippen LogP contribution is -2.23. The smallest absolute Gasteiger partial charge is 0.0681 e. The summed E-state index contributed by atoms with van der Waals surface area (Å²) >= 11 is 0. The Kier molecular flexibility index (Phi) is 6.51. The van der Waals surface area contributed by atoms with Gasteiger partial charge in [0.15, 0.2) is 0 Å². The minimum absolute atomic E-state index is 0.121. The van der Waals surface area contributed by atoms with E-state index in [4.69, 9.17) is 5.11 Å². The van der Waals surface area contributed by atoms with Crippen LogP contribution in [-0.4, -0.2) is 36.2 Å². The van der Waals surface area contributed by atoms with Crippen LogP contribution >= 0.6 is 0 Å². The number of nitrogens with zero attached hydrogens (tertiary/aromatic N) is 1. The molecule has 1 saturated heterocycles. The summed E-state index contributed by atoms with van der Waals surface area (Å²) in [5.41, 5.74) is 2.25. The van der Waals surface area contributed by atoms with Crippen molar-refractivity contribution in [3.05, 3.63) is 35.4 Å². The summed E-state index contributed by atoms with van der Waals surface area (Å²) in [6, 6.07) is 8.55. The van der Waals surface area contributed by atoms with Crippen molar-refractivity contribution in [3.63, 3.8) is 0 Å². The zero-order chi connectivity index (χ0) is 14.2. The molecular weight excluding hydrogens is 248 g/mol. The standard InChI is InChI=1S/C17H28N2O/c1-15(17-8-6-7-16(13-17)14-20)18-9-2-3-10-19-11-4-5-12-19/h6-8,13,15,18,20H,2-5,9-12,14H2,1H3. The summed E-state index contributed by atoms with van der Waals surface area (Å²) in [5.74, 6) is 0. The molecule has 1 atom stereocenters. The second kappa shape index (κ2) is 8.40. The Balaban J connectivity index is 1.62. The third kappa shape index (κ3) is 4.89.